The van der Waals surface area contributed by atoms with E-state index in [2.05, 4.69) is 21.6 Å². The molecule has 128 valence electrons. The topological polar surface area (TPSA) is 87.4 Å². The van der Waals surface area contributed by atoms with Crippen molar-refractivity contribution in [2.45, 2.75) is 18.9 Å². The molecular formula is C18H18N4O2S. The first-order valence-corrected chi connectivity index (χ1v) is 8.49. The van der Waals surface area contributed by atoms with Crippen LogP contribution in [0.1, 0.15) is 22.4 Å². The molecule has 0 atom stereocenters. The number of ether oxygens (including phenoxy) is 1. The summed E-state index contributed by atoms with van der Waals surface area (Å²) in [5.41, 5.74) is 5.49. The quantitative estimate of drug-likeness (QED) is 0.490. The maximum absolute atomic E-state index is 11.9. The summed E-state index contributed by atoms with van der Waals surface area (Å²) in [5, 5.41) is 13.7. The van der Waals surface area contributed by atoms with E-state index in [9.17, 15) is 10.1 Å². The molecule has 7 heteroatoms. The van der Waals surface area contributed by atoms with Crippen molar-refractivity contribution in [2.24, 2.45) is 5.10 Å². The van der Waals surface area contributed by atoms with Gasteiger partial charge in [0.2, 0.25) is 5.91 Å². The van der Waals surface area contributed by atoms with E-state index in [1.54, 1.807) is 13.3 Å². The van der Waals surface area contributed by atoms with Crippen LogP contribution in [-0.2, 0) is 4.79 Å². The Morgan fingerprint density at radius 3 is 2.76 bits per heavy atom. The van der Waals surface area contributed by atoms with Gasteiger partial charge in [-0.1, -0.05) is 11.8 Å². The smallest absolute Gasteiger partial charge is 0.250 e. The van der Waals surface area contributed by atoms with Crippen LogP contribution >= 0.6 is 11.8 Å². The second-order valence-electron chi connectivity index (χ2n) is 5.23. The van der Waals surface area contributed by atoms with Gasteiger partial charge in [0.25, 0.3) is 0 Å². The van der Waals surface area contributed by atoms with E-state index in [1.165, 1.54) is 11.8 Å². The molecule has 1 heterocycles. The van der Waals surface area contributed by atoms with Crippen molar-refractivity contribution in [1.82, 2.24) is 10.4 Å². The predicted octanol–water partition coefficient (Wildman–Crippen LogP) is 2.82. The zero-order valence-electron chi connectivity index (χ0n) is 14.2. The molecule has 25 heavy (non-hydrogen) atoms. The summed E-state index contributed by atoms with van der Waals surface area (Å²) in [7, 11) is 1.60. The number of hydrogen-bond donors (Lipinski definition) is 1. The maximum atomic E-state index is 11.9. The van der Waals surface area contributed by atoms with Crippen LogP contribution in [-0.4, -0.2) is 30.0 Å². The number of nitrogens with one attached hydrogen (secondary N) is 1. The molecule has 0 aliphatic rings. The monoisotopic (exact) mass is 354 g/mol. The molecule has 0 saturated heterocycles. The first kappa shape index (κ1) is 18.5. The number of pyridine rings is 1. The normalized spacial score (nSPS) is 10.5. The van der Waals surface area contributed by atoms with Gasteiger partial charge in [-0.25, -0.2) is 10.4 Å². The molecule has 0 fully saturated rings. The van der Waals surface area contributed by atoms with Gasteiger partial charge >= 0.3 is 0 Å². The molecule has 1 aromatic heterocycles. The third-order valence-corrected chi connectivity index (χ3v) is 4.26. The molecule has 0 bridgehead atoms. The van der Waals surface area contributed by atoms with Crippen molar-refractivity contribution in [3.63, 3.8) is 0 Å². The number of aromatic nitrogens is 1. The Hall–Kier alpha value is -2.85. The zero-order valence-corrected chi connectivity index (χ0v) is 15.1. The molecule has 6 nitrogen and oxygen atoms in total. The number of amides is 1. The van der Waals surface area contributed by atoms with Gasteiger partial charge in [-0.3, -0.25) is 4.79 Å². The summed E-state index contributed by atoms with van der Waals surface area (Å²) in [6.07, 6.45) is 1.55. The summed E-state index contributed by atoms with van der Waals surface area (Å²) in [4.78, 5) is 16.2. The number of aryl methyl sites for hydroxylation is 2. The van der Waals surface area contributed by atoms with E-state index >= 15 is 0 Å². The third-order valence-electron chi connectivity index (χ3n) is 3.28. The minimum absolute atomic E-state index is 0.129. The SMILES string of the molecule is COc1ccc(/C=N/NC(=O)CSc2nc(C)cc(C)c2C#N)cc1. The number of carbonyl (C=O) groups is 1. The molecule has 1 N–H and O–H groups in total. The Morgan fingerprint density at radius 1 is 1.40 bits per heavy atom. The van der Waals surface area contributed by atoms with E-state index in [1.807, 2.05) is 44.2 Å². The lowest BCUT2D eigenvalue weighted by Gasteiger charge is -2.06. The first-order valence-electron chi connectivity index (χ1n) is 7.50. The highest BCUT2D eigenvalue weighted by Crippen LogP contribution is 2.23. The number of thioether (sulfide) groups is 1. The second kappa shape index (κ2) is 8.85. The lowest BCUT2D eigenvalue weighted by Crippen LogP contribution is -2.19. The van der Waals surface area contributed by atoms with E-state index in [4.69, 9.17) is 4.74 Å². The van der Waals surface area contributed by atoms with Gasteiger partial charge in [-0.05, 0) is 55.3 Å². The molecule has 1 aromatic carbocycles. The Labute approximate surface area is 150 Å². The largest absolute Gasteiger partial charge is 0.497 e. The van der Waals surface area contributed by atoms with Gasteiger partial charge < -0.3 is 4.74 Å². The highest BCUT2D eigenvalue weighted by Gasteiger charge is 2.11. The van der Waals surface area contributed by atoms with Crippen LogP contribution in [0.2, 0.25) is 0 Å². The molecule has 0 saturated carbocycles. The van der Waals surface area contributed by atoms with Gasteiger partial charge in [0.05, 0.1) is 24.6 Å². The molecule has 2 aromatic rings. The average Bonchev–Trinajstić information content (AvgIpc) is 2.60. The highest BCUT2D eigenvalue weighted by molar-refractivity contribution is 8.00. The van der Waals surface area contributed by atoms with Crippen LogP contribution in [0.5, 0.6) is 5.75 Å². The summed E-state index contributed by atoms with van der Waals surface area (Å²) in [6.45, 7) is 3.72. The summed E-state index contributed by atoms with van der Waals surface area (Å²) >= 11 is 1.22. The summed E-state index contributed by atoms with van der Waals surface area (Å²) in [6, 6.07) is 11.3. The fraction of sp³-hybridized carbons (Fsp3) is 0.222. The minimum Gasteiger partial charge on any atom is -0.497 e. The van der Waals surface area contributed by atoms with Crippen molar-refractivity contribution in [2.75, 3.05) is 12.9 Å². The van der Waals surface area contributed by atoms with Crippen molar-refractivity contribution in [1.29, 1.82) is 5.26 Å². The standard InChI is InChI=1S/C18H18N4O2S/c1-12-8-13(2)21-18(16(12)9-19)25-11-17(23)22-20-10-14-4-6-15(24-3)7-5-14/h4-8,10H,11H2,1-3H3,(H,22,23)/b20-10+. The molecule has 2 rings (SSSR count). The minimum atomic E-state index is -0.264. The molecule has 0 aliphatic heterocycles. The van der Waals surface area contributed by atoms with Crippen molar-refractivity contribution in [3.8, 4) is 11.8 Å². The van der Waals surface area contributed by atoms with Crippen LogP contribution in [0, 0.1) is 25.2 Å². The van der Waals surface area contributed by atoms with Crippen LogP contribution in [0.15, 0.2) is 40.5 Å². The fourth-order valence-electron chi connectivity index (χ4n) is 2.08. The Bertz CT molecular complexity index is 826. The molecule has 0 radical (unpaired) electrons. The number of nitrogens with zero attached hydrogens (tertiary/aromatic N) is 3. The number of nitriles is 1. The van der Waals surface area contributed by atoms with Crippen LogP contribution < -0.4 is 10.2 Å². The molecular weight excluding hydrogens is 336 g/mol. The average molecular weight is 354 g/mol. The van der Waals surface area contributed by atoms with Crippen molar-refractivity contribution >= 4 is 23.9 Å². The first-order chi connectivity index (χ1) is 12.0. The molecule has 0 spiro atoms. The number of methoxy groups -OCH3 is 1. The Morgan fingerprint density at radius 2 is 2.12 bits per heavy atom. The number of hydrogen-bond acceptors (Lipinski definition) is 6. The lowest BCUT2D eigenvalue weighted by atomic mass is 10.1. The third kappa shape index (κ3) is 5.33. The number of benzene rings is 1. The van der Waals surface area contributed by atoms with E-state index < -0.39 is 0 Å². The van der Waals surface area contributed by atoms with E-state index in [-0.39, 0.29) is 11.7 Å². The van der Waals surface area contributed by atoms with Crippen LogP contribution in [0.25, 0.3) is 0 Å². The number of hydrazone groups is 1. The Kier molecular flexibility index (Phi) is 6.54. The summed E-state index contributed by atoms with van der Waals surface area (Å²) in [5.74, 6) is 0.622. The van der Waals surface area contributed by atoms with Crippen molar-refractivity contribution < 1.29 is 9.53 Å². The van der Waals surface area contributed by atoms with Crippen molar-refractivity contribution in [3.05, 3.63) is 52.7 Å². The van der Waals surface area contributed by atoms with Crippen LogP contribution in [0.4, 0.5) is 0 Å². The zero-order chi connectivity index (χ0) is 18.2. The van der Waals surface area contributed by atoms with Gasteiger partial charge in [0, 0.05) is 5.69 Å². The number of rotatable bonds is 6. The lowest BCUT2D eigenvalue weighted by molar-refractivity contribution is -0.118. The summed E-state index contributed by atoms with van der Waals surface area (Å²) < 4.78 is 5.08. The van der Waals surface area contributed by atoms with Gasteiger partial charge in [0.1, 0.15) is 16.8 Å². The highest BCUT2D eigenvalue weighted by atomic mass is 32.2. The number of carbonyl (C=O) groups excluding carboxylic acids is 1. The van der Waals surface area contributed by atoms with E-state index in [0.29, 0.717) is 10.6 Å². The van der Waals surface area contributed by atoms with E-state index in [0.717, 1.165) is 22.6 Å². The fourth-order valence-corrected chi connectivity index (χ4v) is 2.97. The van der Waals surface area contributed by atoms with Crippen LogP contribution in [0.3, 0.4) is 0 Å². The second-order valence-corrected chi connectivity index (χ2v) is 6.19. The van der Waals surface area contributed by atoms with Gasteiger partial charge in [0.15, 0.2) is 0 Å². The molecule has 1 amide bonds. The van der Waals surface area contributed by atoms with Gasteiger partial charge in [-0.15, -0.1) is 0 Å². The Balaban J connectivity index is 1.91. The molecule has 0 unspecified atom stereocenters. The molecule has 0 aliphatic carbocycles. The predicted molar refractivity (Wildman–Crippen MR) is 97.9 cm³/mol. The maximum Gasteiger partial charge on any atom is 0.250 e. The van der Waals surface area contributed by atoms with Gasteiger partial charge in [-0.2, -0.15) is 10.4 Å².